The second-order valence-corrected chi connectivity index (χ2v) is 5.99. The van der Waals surface area contributed by atoms with E-state index in [4.69, 9.17) is 4.74 Å². The topological polar surface area (TPSA) is 26.3 Å². The Morgan fingerprint density at radius 3 is 2.76 bits per heavy atom. The Hall–Kier alpha value is -1.87. The van der Waals surface area contributed by atoms with Crippen LogP contribution in [-0.2, 0) is 6.42 Å². The predicted molar refractivity (Wildman–Crippen MR) is 87.8 cm³/mol. The van der Waals surface area contributed by atoms with Crippen LogP contribution in [0.25, 0.3) is 6.08 Å². The summed E-state index contributed by atoms with van der Waals surface area (Å²) in [4.78, 5) is 12.6. The molecule has 0 saturated carbocycles. The summed E-state index contributed by atoms with van der Waals surface area (Å²) in [6, 6.07) is 13.7. The van der Waals surface area contributed by atoms with E-state index in [9.17, 15) is 4.79 Å². The molecule has 2 aromatic carbocycles. The number of aryl methyl sites for hydroxylation is 1. The lowest BCUT2D eigenvalue weighted by atomic mass is 9.86. The number of ether oxygens (including phenoxy) is 1. The molecule has 0 aromatic heterocycles. The lowest BCUT2D eigenvalue weighted by molar-refractivity contribution is 0.102. The van der Waals surface area contributed by atoms with Crippen molar-refractivity contribution in [2.45, 2.75) is 12.8 Å². The molecule has 0 saturated heterocycles. The summed E-state index contributed by atoms with van der Waals surface area (Å²) in [6.07, 6.45) is 3.63. The first kappa shape index (κ1) is 14.1. The van der Waals surface area contributed by atoms with Crippen molar-refractivity contribution >= 4 is 27.8 Å². The Morgan fingerprint density at radius 2 is 2.00 bits per heavy atom. The van der Waals surface area contributed by atoms with Crippen molar-refractivity contribution in [2.75, 3.05) is 7.11 Å². The zero-order valence-electron chi connectivity index (χ0n) is 11.7. The number of Topliss-reactive ketones (excluding diaryl/α,β-unsaturated/α-hetero) is 1. The summed E-state index contributed by atoms with van der Waals surface area (Å²) in [6.45, 7) is 0. The number of ketones is 1. The van der Waals surface area contributed by atoms with Gasteiger partial charge in [0.15, 0.2) is 5.78 Å². The zero-order valence-corrected chi connectivity index (χ0v) is 13.3. The molecule has 2 aromatic rings. The van der Waals surface area contributed by atoms with Gasteiger partial charge >= 0.3 is 0 Å². The van der Waals surface area contributed by atoms with E-state index in [0.717, 1.165) is 45.3 Å². The van der Waals surface area contributed by atoms with Gasteiger partial charge in [-0.15, -0.1) is 0 Å². The first-order chi connectivity index (χ1) is 10.2. The van der Waals surface area contributed by atoms with Crippen LogP contribution in [0.3, 0.4) is 0 Å². The molecule has 0 radical (unpaired) electrons. The third-order valence-corrected chi connectivity index (χ3v) is 4.20. The molecule has 3 heteroatoms. The summed E-state index contributed by atoms with van der Waals surface area (Å²) in [5, 5.41) is 0. The molecule has 21 heavy (non-hydrogen) atoms. The van der Waals surface area contributed by atoms with Gasteiger partial charge in [0.25, 0.3) is 0 Å². The lowest BCUT2D eigenvalue weighted by Crippen LogP contribution is -2.14. The van der Waals surface area contributed by atoms with E-state index in [-0.39, 0.29) is 5.78 Å². The van der Waals surface area contributed by atoms with Gasteiger partial charge in [-0.3, -0.25) is 4.79 Å². The van der Waals surface area contributed by atoms with Crippen molar-refractivity contribution in [1.82, 2.24) is 0 Å². The van der Waals surface area contributed by atoms with Crippen LogP contribution >= 0.6 is 15.9 Å². The van der Waals surface area contributed by atoms with Crippen LogP contribution in [0.2, 0.25) is 0 Å². The lowest BCUT2D eigenvalue weighted by Gasteiger charge is -2.18. The maximum absolute atomic E-state index is 12.6. The second kappa shape index (κ2) is 5.86. The number of hydrogen-bond donors (Lipinski definition) is 0. The summed E-state index contributed by atoms with van der Waals surface area (Å²) >= 11 is 3.46. The minimum Gasteiger partial charge on any atom is -0.497 e. The third kappa shape index (κ3) is 2.93. The van der Waals surface area contributed by atoms with Crippen LogP contribution in [0, 0.1) is 0 Å². The summed E-state index contributed by atoms with van der Waals surface area (Å²) in [5.41, 5.74) is 3.78. The Kier molecular flexibility index (Phi) is 3.93. The van der Waals surface area contributed by atoms with Gasteiger partial charge in [-0.2, -0.15) is 0 Å². The van der Waals surface area contributed by atoms with Crippen molar-refractivity contribution < 1.29 is 9.53 Å². The Bertz CT molecular complexity index is 732. The summed E-state index contributed by atoms with van der Waals surface area (Å²) in [7, 11) is 1.64. The van der Waals surface area contributed by atoms with E-state index in [1.807, 2.05) is 48.5 Å². The molecule has 0 N–H and O–H groups in total. The molecule has 0 amide bonds. The van der Waals surface area contributed by atoms with Gasteiger partial charge in [0.1, 0.15) is 5.75 Å². The molecule has 0 aliphatic heterocycles. The third-order valence-electron chi connectivity index (χ3n) is 3.70. The van der Waals surface area contributed by atoms with Crippen molar-refractivity contribution in [1.29, 1.82) is 0 Å². The largest absolute Gasteiger partial charge is 0.497 e. The number of benzene rings is 2. The Balaban J connectivity index is 1.95. The Labute approximate surface area is 132 Å². The molecule has 0 unspecified atom stereocenters. The highest BCUT2D eigenvalue weighted by Gasteiger charge is 2.22. The fourth-order valence-electron chi connectivity index (χ4n) is 2.62. The molecule has 0 bridgehead atoms. The van der Waals surface area contributed by atoms with E-state index in [1.165, 1.54) is 0 Å². The van der Waals surface area contributed by atoms with Crippen LogP contribution in [-0.4, -0.2) is 12.9 Å². The average molecular weight is 343 g/mol. The number of allylic oxidation sites excluding steroid dienone is 1. The van der Waals surface area contributed by atoms with E-state index < -0.39 is 0 Å². The van der Waals surface area contributed by atoms with E-state index in [2.05, 4.69) is 15.9 Å². The normalized spacial score (nSPS) is 15.9. The van der Waals surface area contributed by atoms with Crippen LogP contribution < -0.4 is 4.74 Å². The number of methoxy groups -OCH3 is 1. The van der Waals surface area contributed by atoms with Gasteiger partial charge in [-0.1, -0.05) is 28.1 Å². The molecule has 0 spiro atoms. The monoisotopic (exact) mass is 342 g/mol. The molecule has 106 valence electrons. The van der Waals surface area contributed by atoms with Crippen molar-refractivity contribution in [2.24, 2.45) is 0 Å². The summed E-state index contributed by atoms with van der Waals surface area (Å²) < 4.78 is 6.24. The van der Waals surface area contributed by atoms with Gasteiger partial charge in [-0.25, -0.2) is 0 Å². The minimum absolute atomic E-state index is 0.124. The van der Waals surface area contributed by atoms with Crippen LogP contribution in [0.5, 0.6) is 5.75 Å². The van der Waals surface area contributed by atoms with Gasteiger partial charge in [-0.05, 0) is 60.4 Å². The average Bonchev–Trinajstić information content (AvgIpc) is 2.50. The molecule has 0 fully saturated rings. The van der Waals surface area contributed by atoms with Crippen LogP contribution in [0.4, 0.5) is 0 Å². The van der Waals surface area contributed by atoms with Gasteiger partial charge < -0.3 is 4.74 Å². The zero-order chi connectivity index (χ0) is 14.8. The number of carbonyl (C=O) groups is 1. The number of hydrogen-bond acceptors (Lipinski definition) is 2. The maximum atomic E-state index is 12.6. The minimum atomic E-state index is 0.124. The quantitative estimate of drug-likeness (QED) is 0.741. The smallest absolute Gasteiger partial charge is 0.189 e. The first-order valence-electron chi connectivity index (χ1n) is 6.85. The standard InChI is InChI=1S/C18H15BrO2/c1-21-16-7-8-17-13(11-16)5-6-14(18(17)20)9-12-3-2-4-15(19)10-12/h2-4,7-11H,5-6H2,1H3. The van der Waals surface area contributed by atoms with E-state index in [0.29, 0.717) is 0 Å². The molecule has 1 aliphatic carbocycles. The highest BCUT2D eigenvalue weighted by molar-refractivity contribution is 9.10. The van der Waals surface area contributed by atoms with Crippen molar-refractivity contribution in [3.05, 3.63) is 69.2 Å². The highest BCUT2D eigenvalue weighted by Crippen LogP contribution is 2.29. The van der Waals surface area contributed by atoms with Crippen LogP contribution in [0.15, 0.2) is 52.5 Å². The molecule has 3 rings (SSSR count). The first-order valence-corrected chi connectivity index (χ1v) is 7.64. The predicted octanol–water partition coefficient (Wildman–Crippen LogP) is 4.67. The fraction of sp³-hybridized carbons (Fsp3) is 0.167. The van der Waals surface area contributed by atoms with Gasteiger partial charge in [0.05, 0.1) is 7.11 Å². The maximum Gasteiger partial charge on any atom is 0.189 e. The highest BCUT2D eigenvalue weighted by atomic mass is 79.9. The second-order valence-electron chi connectivity index (χ2n) is 5.08. The van der Waals surface area contributed by atoms with Gasteiger partial charge in [0.2, 0.25) is 0 Å². The van der Waals surface area contributed by atoms with Crippen molar-refractivity contribution in [3.63, 3.8) is 0 Å². The number of carbonyl (C=O) groups excluding carboxylic acids is 1. The number of rotatable bonds is 2. The molecular formula is C18H15BrO2. The molecule has 1 aliphatic rings. The SMILES string of the molecule is COc1ccc2c(c1)CCC(=Cc1cccc(Br)c1)C2=O. The fourth-order valence-corrected chi connectivity index (χ4v) is 3.03. The summed E-state index contributed by atoms with van der Waals surface area (Å²) in [5.74, 6) is 0.930. The number of fused-ring (bicyclic) bond motifs is 1. The molecular weight excluding hydrogens is 328 g/mol. The van der Waals surface area contributed by atoms with Crippen LogP contribution in [0.1, 0.15) is 27.9 Å². The molecule has 0 heterocycles. The Morgan fingerprint density at radius 1 is 1.14 bits per heavy atom. The van der Waals surface area contributed by atoms with Gasteiger partial charge in [0, 0.05) is 15.6 Å². The molecule has 2 nitrogen and oxygen atoms in total. The van der Waals surface area contributed by atoms with E-state index >= 15 is 0 Å². The van der Waals surface area contributed by atoms with E-state index in [1.54, 1.807) is 7.11 Å². The number of halogens is 1. The van der Waals surface area contributed by atoms with Crippen molar-refractivity contribution in [3.8, 4) is 5.75 Å². The molecule has 0 atom stereocenters.